The van der Waals surface area contributed by atoms with Crippen LogP contribution in [0.25, 0.3) is 0 Å². The summed E-state index contributed by atoms with van der Waals surface area (Å²) in [5, 5.41) is 0.176. The van der Waals surface area contributed by atoms with Crippen LogP contribution in [0, 0.1) is 5.82 Å². The summed E-state index contributed by atoms with van der Waals surface area (Å²) in [5.41, 5.74) is 4.95. The van der Waals surface area contributed by atoms with Crippen LogP contribution in [0.15, 0.2) is 30.3 Å². The molecule has 114 valence electrons. The highest BCUT2D eigenvalue weighted by Gasteiger charge is 2.29. The molecule has 2 aliphatic heterocycles. The molecular formula is C18H17ClFNO. The van der Waals surface area contributed by atoms with E-state index in [0.29, 0.717) is 0 Å². The fourth-order valence-corrected chi connectivity index (χ4v) is 3.75. The molecule has 0 spiro atoms. The Morgan fingerprint density at radius 3 is 2.91 bits per heavy atom. The van der Waals surface area contributed by atoms with Gasteiger partial charge in [-0.25, -0.2) is 4.39 Å². The zero-order valence-electron chi connectivity index (χ0n) is 12.4. The average molecular weight is 318 g/mol. The molecular weight excluding hydrogens is 301 g/mol. The van der Waals surface area contributed by atoms with E-state index in [1.165, 1.54) is 16.7 Å². The summed E-state index contributed by atoms with van der Waals surface area (Å²) in [6.45, 7) is 2.57. The second-order valence-corrected chi connectivity index (χ2v) is 6.54. The molecule has 4 rings (SSSR count). The van der Waals surface area contributed by atoms with Crippen molar-refractivity contribution in [1.82, 2.24) is 4.90 Å². The third-order valence-electron chi connectivity index (χ3n) is 4.68. The van der Waals surface area contributed by atoms with Gasteiger partial charge in [0.25, 0.3) is 0 Å². The predicted molar refractivity (Wildman–Crippen MR) is 85.2 cm³/mol. The summed E-state index contributed by atoms with van der Waals surface area (Å²) >= 11 is 5.82. The van der Waals surface area contributed by atoms with Gasteiger partial charge in [0.05, 0.1) is 11.6 Å². The first kappa shape index (κ1) is 14.0. The van der Waals surface area contributed by atoms with Gasteiger partial charge in [-0.15, -0.1) is 0 Å². The first-order valence-corrected chi connectivity index (χ1v) is 7.92. The summed E-state index contributed by atoms with van der Waals surface area (Å²) in [7, 11) is 2.11. The molecule has 2 nitrogen and oxygen atoms in total. The maximum atomic E-state index is 13.9. The Morgan fingerprint density at radius 2 is 2.09 bits per heavy atom. The van der Waals surface area contributed by atoms with E-state index >= 15 is 0 Å². The van der Waals surface area contributed by atoms with Crippen molar-refractivity contribution in [1.29, 1.82) is 0 Å². The number of hydrogen-bond donors (Lipinski definition) is 0. The van der Waals surface area contributed by atoms with Gasteiger partial charge in [0.2, 0.25) is 0 Å². The van der Waals surface area contributed by atoms with E-state index in [1.54, 1.807) is 12.1 Å². The molecule has 2 aliphatic rings. The number of rotatable bonds is 1. The van der Waals surface area contributed by atoms with E-state index in [9.17, 15) is 4.39 Å². The average Bonchev–Trinajstić information content (AvgIpc) is 2.98. The van der Waals surface area contributed by atoms with E-state index in [0.717, 1.165) is 37.4 Å². The molecule has 0 bridgehead atoms. The molecule has 0 saturated heterocycles. The molecule has 4 heteroatoms. The number of nitrogens with zero attached hydrogens (tertiary/aromatic N) is 1. The molecule has 22 heavy (non-hydrogen) atoms. The molecule has 0 fully saturated rings. The Kier molecular flexibility index (Phi) is 3.35. The lowest BCUT2D eigenvalue weighted by Crippen LogP contribution is -2.31. The number of hydrogen-bond acceptors (Lipinski definition) is 2. The Hall–Kier alpha value is -1.58. The molecule has 0 N–H and O–H groups in total. The molecule has 0 aliphatic carbocycles. The van der Waals surface area contributed by atoms with Crippen molar-refractivity contribution in [2.75, 3.05) is 20.2 Å². The van der Waals surface area contributed by atoms with Crippen molar-refractivity contribution in [2.24, 2.45) is 0 Å². The van der Waals surface area contributed by atoms with Crippen LogP contribution in [0.3, 0.4) is 0 Å². The van der Waals surface area contributed by atoms with Gasteiger partial charge in [-0.2, -0.15) is 0 Å². The van der Waals surface area contributed by atoms with Crippen LogP contribution in [0.4, 0.5) is 4.39 Å². The highest BCUT2D eigenvalue weighted by molar-refractivity contribution is 6.30. The van der Waals surface area contributed by atoms with Crippen LogP contribution in [0.1, 0.15) is 28.2 Å². The minimum atomic E-state index is -0.349. The first-order chi connectivity index (χ1) is 10.6. The van der Waals surface area contributed by atoms with Crippen LogP contribution >= 0.6 is 11.6 Å². The van der Waals surface area contributed by atoms with Gasteiger partial charge in [-0.1, -0.05) is 23.7 Å². The Balaban J connectivity index is 1.84. The molecule has 2 aromatic carbocycles. The number of likely N-dealkylation sites (N-methyl/N-ethyl adjacent to an activating group) is 1. The Bertz CT molecular complexity index is 746. The zero-order chi connectivity index (χ0) is 15.3. The fraction of sp³-hybridized carbons (Fsp3) is 0.333. The van der Waals surface area contributed by atoms with Crippen LogP contribution in [0.5, 0.6) is 5.75 Å². The number of benzene rings is 2. The van der Waals surface area contributed by atoms with E-state index < -0.39 is 0 Å². The van der Waals surface area contributed by atoms with Gasteiger partial charge in [-0.3, -0.25) is 0 Å². The van der Waals surface area contributed by atoms with Gasteiger partial charge in [0.1, 0.15) is 11.6 Å². The number of ether oxygens (including phenoxy) is 1. The molecule has 0 saturated carbocycles. The van der Waals surface area contributed by atoms with Gasteiger partial charge in [0, 0.05) is 31.0 Å². The van der Waals surface area contributed by atoms with Gasteiger partial charge >= 0.3 is 0 Å². The van der Waals surface area contributed by atoms with Crippen molar-refractivity contribution >= 4 is 11.6 Å². The Labute approximate surface area is 134 Å². The smallest absolute Gasteiger partial charge is 0.142 e. The number of fused-ring (bicyclic) bond motifs is 3. The first-order valence-electron chi connectivity index (χ1n) is 7.54. The fourth-order valence-electron chi connectivity index (χ4n) is 3.63. The van der Waals surface area contributed by atoms with Crippen molar-refractivity contribution < 1.29 is 9.13 Å². The molecule has 0 radical (unpaired) electrons. The normalized spacial score (nSPS) is 20.4. The second kappa shape index (κ2) is 5.25. The summed E-state index contributed by atoms with van der Waals surface area (Å²) < 4.78 is 19.5. The molecule has 0 aromatic heterocycles. The lowest BCUT2D eigenvalue weighted by molar-refractivity contribution is 0.294. The molecule has 1 atom stereocenters. The minimum Gasteiger partial charge on any atom is -0.493 e. The van der Waals surface area contributed by atoms with Crippen molar-refractivity contribution in [3.05, 3.63) is 63.4 Å². The molecule has 2 aromatic rings. The third-order valence-corrected chi connectivity index (χ3v) is 4.98. The van der Waals surface area contributed by atoms with Crippen LogP contribution in [-0.2, 0) is 13.0 Å². The highest BCUT2D eigenvalue weighted by Crippen LogP contribution is 2.40. The quantitative estimate of drug-likeness (QED) is 0.788. The Morgan fingerprint density at radius 1 is 1.23 bits per heavy atom. The van der Waals surface area contributed by atoms with Crippen LogP contribution < -0.4 is 4.74 Å². The topological polar surface area (TPSA) is 12.5 Å². The van der Waals surface area contributed by atoms with Gasteiger partial charge in [-0.05, 0) is 41.9 Å². The van der Waals surface area contributed by atoms with Crippen LogP contribution in [0.2, 0.25) is 5.02 Å². The van der Waals surface area contributed by atoms with E-state index in [1.807, 2.05) is 6.07 Å². The summed E-state index contributed by atoms with van der Waals surface area (Å²) in [6.07, 6.45) is 0.966. The monoisotopic (exact) mass is 317 g/mol. The highest BCUT2D eigenvalue weighted by atomic mass is 35.5. The lowest BCUT2D eigenvalue weighted by atomic mass is 9.82. The maximum absolute atomic E-state index is 13.9. The standard InChI is InChI=1S/C18H17ClFNO/c1-21-9-14(11-2-4-16(19)17(20)8-11)12-3-5-18-13(6-7-22-18)15(12)10-21/h2-5,8,14H,6-7,9-10H2,1H3. The SMILES string of the molecule is CN1Cc2c(ccc3c2CCO3)C(c2ccc(Cl)c(F)c2)C1. The summed E-state index contributed by atoms with van der Waals surface area (Å²) in [5.74, 6) is 0.833. The van der Waals surface area contributed by atoms with E-state index in [2.05, 4.69) is 24.1 Å². The van der Waals surface area contributed by atoms with E-state index in [-0.39, 0.29) is 16.8 Å². The summed E-state index contributed by atoms with van der Waals surface area (Å²) in [6, 6.07) is 9.36. The lowest BCUT2D eigenvalue weighted by Gasteiger charge is -2.33. The summed E-state index contributed by atoms with van der Waals surface area (Å²) in [4.78, 5) is 2.29. The predicted octanol–water partition coefficient (Wildman–Crippen LogP) is 3.99. The van der Waals surface area contributed by atoms with Gasteiger partial charge in [0.15, 0.2) is 0 Å². The number of halogens is 2. The molecule has 1 unspecified atom stereocenters. The largest absolute Gasteiger partial charge is 0.493 e. The second-order valence-electron chi connectivity index (χ2n) is 6.13. The van der Waals surface area contributed by atoms with Crippen molar-refractivity contribution in [2.45, 2.75) is 18.9 Å². The minimum absolute atomic E-state index is 0.173. The van der Waals surface area contributed by atoms with Crippen molar-refractivity contribution in [3.63, 3.8) is 0 Å². The third kappa shape index (κ3) is 2.20. The maximum Gasteiger partial charge on any atom is 0.142 e. The van der Waals surface area contributed by atoms with Crippen molar-refractivity contribution in [3.8, 4) is 5.75 Å². The van der Waals surface area contributed by atoms with Crippen LogP contribution in [-0.4, -0.2) is 25.1 Å². The van der Waals surface area contributed by atoms with Gasteiger partial charge < -0.3 is 9.64 Å². The van der Waals surface area contributed by atoms with E-state index in [4.69, 9.17) is 16.3 Å². The molecule has 0 amide bonds. The zero-order valence-corrected chi connectivity index (χ0v) is 13.2. The molecule has 2 heterocycles.